The van der Waals surface area contributed by atoms with Crippen molar-refractivity contribution in [1.82, 2.24) is 14.5 Å². The zero-order valence-corrected chi connectivity index (χ0v) is 15.5. The van der Waals surface area contributed by atoms with Crippen molar-refractivity contribution in [2.24, 2.45) is 0 Å². The van der Waals surface area contributed by atoms with E-state index in [-0.39, 0.29) is 0 Å². The number of hydrogen-bond acceptors (Lipinski definition) is 4. The zero-order valence-electron chi connectivity index (χ0n) is 15.5. The second-order valence-electron chi connectivity index (χ2n) is 6.81. The molecule has 4 rings (SSSR count). The zero-order chi connectivity index (χ0) is 18.8. The molecule has 2 heterocycles. The van der Waals surface area contributed by atoms with E-state index in [0.717, 1.165) is 34.4 Å². The molecule has 0 atom stereocenters. The second kappa shape index (κ2) is 7.21. The Morgan fingerprint density at radius 3 is 2.22 bits per heavy atom. The Labute approximate surface area is 158 Å². The fraction of sp³-hybridized carbons (Fsp3) is 0.182. The Kier molecular flexibility index (Phi) is 4.60. The predicted octanol–water partition coefficient (Wildman–Crippen LogP) is 4.00. The molecule has 1 N–H and O–H groups in total. The molecule has 0 aliphatic heterocycles. The first-order chi connectivity index (χ1) is 13.1. The van der Waals surface area contributed by atoms with Gasteiger partial charge in [-0.25, -0.2) is 4.98 Å². The molecule has 4 aromatic rings. The molecule has 0 aliphatic carbocycles. The van der Waals surface area contributed by atoms with E-state index in [0.29, 0.717) is 17.7 Å². The average Bonchev–Trinajstić information content (AvgIpc) is 3.09. The normalized spacial score (nSPS) is 11.4. The van der Waals surface area contributed by atoms with Crippen molar-refractivity contribution in [3.63, 3.8) is 0 Å². The van der Waals surface area contributed by atoms with Crippen molar-refractivity contribution in [1.29, 1.82) is 5.41 Å². The Morgan fingerprint density at radius 1 is 0.963 bits per heavy atom. The van der Waals surface area contributed by atoms with Crippen molar-refractivity contribution in [2.75, 3.05) is 20.6 Å². The molecule has 0 unspecified atom stereocenters. The van der Waals surface area contributed by atoms with Crippen LogP contribution in [0.4, 0.5) is 0 Å². The summed E-state index contributed by atoms with van der Waals surface area (Å²) in [6, 6.07) is 20.1. The van der Waals surface area contributed by atoms with Crippen molar-refractivity contribution in [3.05, 3.63) is 72.5 Å². The Morgan fingerprint density at radius 2 is 1.59 bits per heavy atom. The maximum absolute atomic E-state index is 8.79. The largest absolute Gasteiger partial charge is 0.437 e. The summed E-state index contributed by atoms with van der Waals surface area (Å²) in [4.78, 5) is 6.61. The highest BCUT2D eigenvalue weighted by Gasteiger charge is 2.20. The maximum Gasteiger partial charge on any atom is 0.232 e. The van der Waals surface area contributed by atoms with E-state index in [2.05, 4.69) is 9.88 Å². The maximum atomic E-state index is 8.79. The van der Waals surface area contributed by atoms with E-state index in [1.165, 1.54) is 0 Å². The number of hydrogen-bond donors (Lipinski definition) is 1. The summed E-state index contributed by atoms with van der Waals surface area (Å²) in [6.07, 6.45) is 1.70. The van der Waals surface area contributed by atoms with Gasteiger partial charge in [0.25, 0.3) is 0 Å². The first kappa shape index (κ1) is 17.2. The van der Waals surface area contributed by atoms with Crippen LogP contribution in [0.15, 0.2) is 71.4 Å². The second-order valence-corrected chi connectivity index (χ2v) is 6.81. The van der Waals surface area contributed by atoms with Gasteiger partial charge in [-0.1, -0.05) is 60.7 Å². The van der Waals surface area contributed by atoms with Gasteiger partial charge in [0.05, 0.1) is 5.39 Å². The van der Waals surface area contributed by atoms with E-state index in [1.54, 1.807) is 6.33 Å². The Hall–Kier alpha value is -3.18. The number of aromatic nitrogens is 2. The van der Waals surface area contributed by atoms with Crippen LogP contribution >= 0.6 is 0 Å². The van der Waals surface area contributed by atoms with Crippen molar-refractivity contribution < 1.29 is 4.42 Å². The summed E-state index contributed by atoms with van der Waals surface area (Å²) in [5.74, 6) is 0.753. The Bertz CT molecular complexity index is 1110. The van der Waals surface area contributed by atoms with Gasteiger partial charge in [0.1, 0.15) is 17.6 Å². The summed E-state index contributed by atoms with van der Waals surface area (Å²) in [7, 11) is 4.05. The number of likely N-dealkylation sites (N-methyl/N-ethyl adjacent to an activating group) is 1. The highest BCUT2D eigenvalue weighted by Crippen LogP contribution is 2.38. The van der Waals surface area contributed by atoms with E-state index in [9.17, 15) is 0 Å². The van der Waals surface area contributed by atoms with Crippen LogP contribution < -0.4 is 5.49 Å². The van der Waals surface area contributed by atoms with Crippen molar-refractivity contribution in [2.45, 2.75) is 6.54 Å². The van der Waals surface area contributed by atoms with Crippen LogP contribution in [-0.4, -0.2) is 35.1 Å². The number of nitrogens with zero attached hydrogens (tertiary/aromatic N) is 3. The van der Waals surface area contributed by atoms with Gasteiger partial charge in [-0.05, 0) is 19.7 Å². The monoisotopic (exact) mass is 358 g/mol. The summed E-state index contributed by atoms with van der Waals surface area (Å²) in [5, 5.41) is 9.55. The van der Waals surface area contributed by atoms with Gasteiger partial charge in [0, 0.05) is 24.2 Å². The van der Waals surface area contributed by atoms with Gasteiger partial charge in [-0.2, -0.15) is 0 Å². The van der Waals surface area contributed by atoms with Crippen molar-refractivity contribution in [3.8, 4) is 22.5 Å². The number of rotatable bonds is 5. The molecule has 5 nitrogen and oxygen atoms in total. The van der Waals surface area contributed by atoms with Crippen LogP contribution in [0.3, 0.4) is 0 Å². The highest BCUT2D eigenvalue weighted by atomic mass is 16.3. The third-order valence-electron chi connectivity index (χ3n) is 4.61. The van der Waals surface area contributed by atoms with Gasteiger partial charge in [0.15, 0.2) is 0 Å². The number of nitrogens with one attached hydrogen (secondary N) is 1. The molecular weight excluding hydrogens is 336 g/mol. The molecule has 0 amide bonds. The summed E-state index contributed by atoms with van der Waals surface area (Å²) in [6.45, 7) is 1.54. The third kappa shape index (κ3) is 3.29. The molecule has 0 saturated carbocycles. The SMILES string of the molecule is CN(C)CCn1cnc2oc(-c3ccccc3)c(-c3ccccc3)c2c1=N. The molecule has 5 heteroatoms. The topological polar surface area (TPSA) is 58.1 Å². The van der Waals surface area contributed by atoms with E-state index < -0.39 is 0 Å². The first-order valence-electron chi connectivity index (χ1n) is 8.97. The minimum Gasteiger partial charge on any atom is -0.437 e. The molecule has 0 spiro atoms. The van der Waals surface area contributed by atoms with Gasteiger partial charge in [-0.15, -0.1) is 0 Å². The molecule has 0 fully saturated rings. The molecule has 0 aliphatic rings. The fourth-order valence-electron chi connectivity index (χ4n) is 3.20. The Balaban J connectivity index is 1.99. The van der Waals surface area contributed by atoms with Crippen LogP contribution in [-0.2, 0) is 6.54 Å². The molecule has 2 aromatic carbocycles. The average molecular weight is 358 g/mol. The quantitative estimate of drug-likeness (QED) is 0.586. The molecule has 136 valence electrons. The van der Waals surface area contributed by atoms with Gasteiger partial charge in [-0.3, -0.25) is 5.41 Å². The van der Waals surface area contributed by atoms with Gasteiger partial charge in [0.2, 0.25) is 5.71 Å². The molecule has 27 heavy (non-hydrogen) atoms. The number of benzene rings is 2. The lowest BCUT2D eigenvalue weighted by Gasteiger charge is -2.12. The summed E-state index contributed by atoms with van der Waals surface area (Å²) >= 11 is 0. The van der Waals surface area contributed by atoms with Crippen LogP contribution in [0.2, 0.25) is 0 Å². The van der Waals surface area contributed by atoms with Crippen LogP contribution in [0.25, 0.3) is 33.6 Å². The highest BCUT2D eigenvalue weighted by molar-refractivity contribution is 5.99. The van der Waals surface area contributed by atoms with E-state index in [1.807, 2.05) is 79.3 Å². The lowest BCUT2D eigenvalue weighted by atomic mass is 10.00. The van der Waals surface area contributed by atoms with Crippen LogP contribution in [0, 0.1) is 5.41 Å². The van der Waals surface area contributed by atoms with E-state index >= 15 is 0 Å². The lowest BCUT2D eigenvalue weighted by molar-refractivity contribution is 0.378. The fourth-order valence-corrected chi connectivity index (χ4v) is 3.20. The minimum atomic E-state index is 0.423. The summed E-state index contributed by atoms with van der Waals surface area (Å²) < 4.78 is 8.02. The smallest absolute Gasteiger partial charge is 0.232 e. The molecule has 0 saturated heterocycles. The summed E-state index contributed by atoms with van der Waals surface area (Å²) in [5.41, 5.74) is 3.85. The van der Waals surface area contributed by atoms with Crippen molar-refractivity contribution >= 4 is 11.1 Å². The predicted molar refractivity (Wildman–Crippen MR) is 107 cm³/mol. The number of fused-ring (bicyclic) bond motifs is 1. The molecule has 2 aromatic heterocycles. The van der Waals surface area contributed by atoms with Gasteiger partial charge < -0.3 is 13.9 Å². The molecule has 0 radical (unpaired) electrons. The third-order valence-corrected chi connectivity index (χ3v) is 4.61. The lowest BCUT2D eigenvalue weighted by Crippen LogP contribution is -2.26. The molecule has 0 bridgehead atoms. The number of furan rings is 1. The van der Waals surface area contributed by atoms with Crippen LogP contribution in [0.5, 0.6) is 0 Å². The van der Waals surface area contributed by atoms with E-state index in [4.69, 9.17) is 9.83 Å². The minimum absolute atomic E-state index is 0.423. The van der Waals surface area contributed by atoms with Crippen LogP contribution in [0.1, 0.15) is 0 Å². The van der Waals surface area contributed by atoms with Gasteiger partial charge >= 0.3 is 0 Å². The molecular formula is C22H22N4O. The first-order valence-corrected chi connectivity index (χ1v) is 8.97. The standard InChI is InChI=1S/C22H22N4O/c1-25(2)13-14-26-15-24-22-19(21(26)23)18(16-9-5-3-6-10-16)20(27-22)17-11-7-4-8-12-17/h3-12,15,23H,13-14H2,1-2H3.